The van der Waals surface area contributed by atoms with E-state index in [1.165, 1.54) is 19.0 Å². The van der Waals surface area contributed by atoms with E-state index in [-0.39, 0.29) is 23.4 Å². The lowest BCUT2D eigenvalue weighted by atomic mass is 9.49. The summed E-state index contributed by atoms with van der Waals surface area (Å²) >= 11 is 0. The summed E-state index contributed by atoms with van der Waals surface area (Å²) in [6.07, 6.45) is 8.45. The van der Waals surface area contributed by atoms with Crippen LogP contribution in [0.4, 0.5) is 0 Å². The molecule has 164 valence electrons. The highest BCUT2D eigenvalue weighted by Crippen LogP contribution is 2.59. The summed E-state index contributed by atoms with van der Waals surface area (Å²) in [7, 11) is 0. The fraction of sp³-hybridized carbons (Fsp3) is 0.739. The Kier molecular flexibility index (Phi) is 5.24. The van der Waals surface area contributed by atoms with E-state index in [2.05, 4.69) is 35.3 Å². The number of aromatic nitrogens is 1. The maximum Gasteiger partial charge on any atom is 0.289 e. The van der Waals surface area contributed by atoms with Crippen molar-refractivity contribution in [3.05, 3.63) is 29.7 Å². The van der Waals surface area contributed by atoms with Crippen molar-refractivity contribution < 1.29 is 18.8 Å². The van der Waals surface area contributed by atoms with Crippen LogP contribution in [0.5, 0.6) is 0 Å². The Morgan fingerprint density at radius 2 is 2.30 bits per heavy atom. The number of rotatable bonds is 5. The molecule has 1 saturated carbocycles. The first kappa shape index (κ1) is 20.2. The highest BCUT2D eigenvalue weighted by molar-refractivity contribution is 5.91. The zero-order valence-corrected chi connectivity index (χ0v) is 18.1. The third-order valence-corrected chi connectivity index (χ3v) is 7.91. The SMILES string of the molecule is CC1(C)[C@H]2CC=C(CN3CCOC[C@@]4(CC[C@H](CNC(=O)c5ccno5)O4)C3)[C@@H]1C2. The van der Waals surface area contributed by atoms with Gasteiger partial charge in [0.1, 0.15) is 5.60 Å². The molecule has 1 N–H and O–H groups in total. The summed E-state index contributed by atoms with van der Waals surface area (Å²) in [6.45, 7) is 9.60. The van der Waals surface area contributed by atoms with Crippen LogP contribution in [0.25, 0.3) is 0 Å². The van der Waals surface area contributed by atoms with Gasteiger partial charge in [-0.25, -0.2) is 0 Å². The van der Waals surface area contributed by atoms with Crippen molar-refractivity contribution in [2.45, 2.75) is 51.2 Å². The molecule has 2 saturated heterocycles. The van der Waals surface area contributed by atoms with Crippen molar-refractivity contribution in [1.29, 1.82) is 0 Å². The fourth-order valence-corrected chi connectivity index (χ4v) is 5.92. The van der Waals surface area contributed by atoms with Gasteiger partial charge < -0.3 is 19.3 Å². The van der Waals surface area contributed by atoms with E-state index in [0.29, 0.717) is 18.6 Å². The summed E-state index contributed by atoms with van der Waals surface area (Å²) < 4.78 is 17.4. The first-order valence-corrected chi connectivity index (χ1v) is 11.3. The highest BCUT2D eigenvalue weighted by Gasteiger charge is 2.51. The Labute approximate surface area is 178 Å². The van der Waals surface area contributed by atoms with Crippen molar-refractivity contribution >= 4 is 5.91 Å². The van der Waals surface area contributed by atoms with Crippen molar-refractivity contribution in [3.63, 3.8) is 0 Å². The lowest BCUT2D eigenvalue weighted by Gasteiger charge is -2.57. The minimum absolute atomic E-state index is 0.000594. The van der Waals surface area contributed by atoms with Crippen LogP contribution in [0.3, 0.4) is 0 Å². The third kappa shape index (κ3) is 3.72. The molecule has 3 fully saturated rings. The monoisotopic (exact) mass is 415 g/mol. The van der Waals surface area contributed by atoms with E-state index < -0.39 is 0 Å². The Bertz CT molecular complexity index is 805. The van der Waals surface area contributed by atoms with Gasteiger partial charge in [0.15, 0.2) is 0 Å². The summed E-state index contributed by atoms with van der Waals surface area (Å²) in [5, 5.41) is 6.48. The largest absolute Gasteiger partial charge is 0.377 e. The Morgan fingerprint density at radius 3 is 3.07 bits per heavy atom. The molecule has 6 rings (SSSR count). The van der Waals surface area contributed by atoms with Crippen LogP contribution in [0, 0.1) is 17.3 Å². The lowest BCUT2D eigenvalue weighted by molar-refractivity contribution is -0.0847. The van der Waals surface area contributed by atoms with Crippen molar-refractivity contribution in [1.82, 2.24) is 15.4 Å². The topological polar surface area (TPSA) is 76.8 Å². The molecule has 7 heteroatoms. The van der Waals surface area contributed by atoms with Gasteiger partial charge in [-0.1, -0.05) is 30.7 Å². The molecule has 0 unspecified atom stereocenters. The zero-order valence-electron chi connectivity index (χ0n) is 18.1. The molecule has 2 aliphatic heterocycles. The fourth-order valence-electron chi connectivity index (χ4n) is 5.92. The number of amides is 1. The van der Waals surface area contributed by atoms with Crippen LogP contribution in [-0.4, -0.2) is 67.1 Å². The zero-order chi connectivity index (χ0) is 20.8. The third-order valence-electron chi connectivity index (χ3n) is 7.91. The van der Waals surface area contributed by atoms with Crippen LogP contribution in [0.1, 0.15) is 50.1 Å². The van der Waals surface area contributed by atoms with E-state index in [1.54, 1.807) is 11.6 Å². The Hall–Kier alpha value is -1.70. The number of nitrogens with zero attached hydrogens (tertiary/aromatic N) is 2. The summed E-state index contributed by atoms with van der Waals surface area (Å²) in [5.74, 6) is 1.59. The molecule has 1 spiro atoms. The summed E-state index contributed by atoms with van der Waals surface area (Å²) in [6, 6.07) is 1.56. The molecule has 0 radical (unpaired) electrons. The second kappa shape index (κ2) is 7.77. The second-order valence-electron chi connectivity index (χ2n) is 10.1. The smallest absolute Gasteiger partial charge is 0.289 e. The summed E-state index contributed by atoms with van der Waals surface area (Å²) in [5.41, 5.74) is 1.81. The van der Waals surface area contributed by atoms with E-state index in [9.17, 15) is 4.79 Å². The van der Waals surface area contributed by atoms with Gasteiger partial charge in [0.25, 0.3) is 5.91 Å². The number of hydrogen-bond acceptors (Lipinski definition) is 6. The van der Waals surface area contributed by atoms with Crippen LogP contribution < -0.4 is 5.32 Å². The molecule has 0 aromatic carbocycles. The second-order valence-corrected chi connectivity index (χ2v) is 10.1. The van der Waals surface area contributed by atoms with Gasteiger partial charge >= 0.3 is 0 Å². The lowest BCUT2D eigenvalue weighted by Crippen LogP contribution is -2.51. The quantitative estimate of drug-likeness (QED) is 0.745. The van der Waals surface area contributed by atoms with E-state index in [4.69, 9.17) is 14.0 Å². The molecule has 30 heavy (non-hydrogen) atoms. The molecule has 3 heterocycles. The van der Waals surface area contributed by atoms with E-state index in [0.717, 1.165) is 50.9 Å². The number of hydrogen-bond donors (Lipinski definition) is 1. The molecule has 1 aromatic rings. The minimum atomic E-state index is -0.273. The predicted octanol–water partition coefficient (Wildman–Crippen LogP) is 2.65. The van der Waals surface area contributed by atoms with Gasteiger partial charge in [-0.15, -0.1) is 0 Å². The molecular formula is C23H33N3O4. The van der Waals surface area contributed by atoms with Gasteiger partial charge in [0.2, 0.25) is 5.76 Å². The van der Waals surface area contributed by atoms with Crippen LogP contribution in [0.15, 0.2) is 28.4 Å². The average molecular weight is 416 g/mol. The van der Waals surface area contributed by atoms with E-state index >= 15 is 0 Å². The van der Waals surface area contributed by atoms with Gasteiger partial charge in [-0.3, -0.25) is 9.69 Å². The number of carbonyl (C=O) groups excluding carboxylic acids is 1. The molecule has 7 nitrogen and oxygen atoms in total. The molecule has 4 atom stereocenters. The summed E-state index contributed by atoms with van der Waals surface area (Å²) in [4.78, 5) is 14.6. The Morgan fingerprint density at radius 1 is 1.40 bits per heavy atom. The Balaban J connectivity index is 1.18. The minimum Gasteiger partial charge on any atom is -0.377 e. The average Bonchev–Trinajstić information content (AvgIpc) is 3.36. The number of ether oxygens (including phenoxy) is 2. The first-order valence-electron chi connectivity index (χ1n) is 11.3. The molecule has 3 aliphatic carbocycles. The maximum absolute atomic E-state index is 12.1. The number of nitrogens with one attached hydrogen (secondary N) is 1. The molecule has 5 aliphatic rings. The van der Waals surface area contributed by atoms with Crippen molar-refractivity contribution in [2.75, 3.05) is 39.4 Å². The maximum atomic E-state index is 12.1. The van der Waals surface area contributed by atoms with E-state index in [1.807, 2.05) is 0 Å². The van der Waals surface area contributed by atoms with Gasteiger partial charge in [0.05, 0.1) is 25.5 Å². The van der Waals surface area contributed by atoms with Crippen LogP contribution in [0.2, 0.25) is 0 Å². The highest BCUT2D eigenvalue weighted by atomic mass is 16.6. The number of allylic oxidation sites excluding steroid dienone is 1. The standard InChI is InChI=1S/C23H33N3O4/c1-22(2)17-4-3-16(19(22)11-17)13-26-9-10-28-15-23(14-26)7-5-18(29-23)12-24-21(27)20-6-8-25-30-20/h3,6,8,17-19H,4-5,7,9-15H2,1-2H3,(H,24,27)/t17-,18+,19-,23+/m0/s1. The molecular weight excluding hydrogens is 382 g/mol. The molecule has 1 amide bonds. The normalized spacial score (nSPS) is 35.5. The molecule has 2 bridgehead atoms. The van der Waals surface area contributed by atoms with Crippen LogP contribution in [-0.2, 0) is 9.47 Å². The number of fused-ring (bicyclic) bond motifs is 1. The van der Waals surface area contributed by atoms with Gasteiger partial charge in [-0.2, -0.15) is 0 Å². The predicted molar refractivity (Wildman–Crippen MR) is 111 cm³/mol. The van der Waals surface area contributed by atoms with Crippen molar-refractivity contribution in [3.8, 4) is 0 Å². The van der Waals surface area contributed by atoms with Crippen molar-refractivity contribution in [2.24, 2.45) is 17.3 Å². The van der Waals surface area contributed by atoms with Gasteiger partial charge in [-0.05, 0) is 42.9 Å². The first-order chi connectivity index (χ1) is 14.5. The molecule has 1 aromatic heterocycles. The van der Waals surface area contributed by atoms with Crippen LogP contribution >= 0.6 is 0 Å². The number of carbonyl (C=O) groups is 1. The van der Waals surface area contributed by atoms with Gasteiger partial charge in [0, 0.05) is 32.2 Å².